The van der Waals surface area contributed by atoms with Gasteiger partial charge >= 0.3 is 0 Å². The summed E-state index contributed by atoms with van der Waals surface area (Å²) in [6.45, 7) is 0. The van der Waals surface area contributed by atoms with Crippen molar-refractivity contribution in [3.63, 3.8) is 0 Å². The fourth-order valence-corrected chi connectivity index (χ4v) is 3.29. The van der Waals surface area contributed by atoms with Crippen molar-refractivity contribution in [3.05, 3.63) is 30.1 Å². The normalized spacial score (nSPS) is 17.9. The van der Waals surface area contributed by atoms with Crippen LogP contribution >= 0.6 is 0 Å². The Bertz CT molecular complexity index is 472. The van der Waals surface area contributed by atoms with E-state index in [1.807, 2.05) is 0 Å². The van der Waals surface area contributed by atoms with Crippen molar-refractivity contribution in [2.45, 2.75) is 43.0 Å². The zero-order valence-corrected chi connectivity index (χ0v) is 11.5. The highest BCUT2D eigenvalue weighted by molar-refractivity contribution is 7.85. The van der Waals surface area contributed by atoms with Crippen LogP contribution in [-0.2, 0) is 15.6 Å². The number of hydrogen-bond acceptors (Lipinski definition) is 2. The van der Waals surface area contributed by atoms with Gasteiger partial charge < -0.3 is 5.32 Å². The highest BCUT2D eigenvalue weighted by Gasteiger charge is 2.17. The van der Waals surface area contributed by atoms with E-state index >= 15 is 0 Å². The molecule has 1 N–H and O–H groups in total. The summed E-state index contributed by atoms with van der Waals surface area (Å²) in [6, 6.07) is 5.80. The molecule has 1 saturated carbocycles. The maximum Gasteiger partial charge on any atom is 0.233 e. The number of amides is 1. The molecule has 19 heavy (non-hydrogen) atoms. The van der Waals surface area contributed by atoms with Crippen LogP contribution in [0.2, 0.25) is 0 Å². The summed E-state index contributed by atoms with van der Waals surface area (Å²) < 4.78 is 24.9. The van der Waals surface area contributed by atoms with Crippen molar-refractivity contribution in [3.8, 4) is 0 Å². The second-order valence-electron chi connectivity index (χ2n) is 4.85. The maximum absolute atomic E-state index is 13.0. The minimum absolute atomic E-state index is 0.0973. The van der Waals surface area contributed by atoms with E-state index in [1.165, 1.54) is 24.6 Å². The van der Waals surface area contributed by atoms with Gasteiger partial charge in [0.25, 0.3) is 0 Å². The first-order chi connectivity index (χ1) is 9.15. The average Bonchev–Trinajstić information content (AvgIpc) is 2.39. The summed E-state index contributed by atoms with van der Waals surface area (Å²) >= 11 is 0. The monoisotopic (exact) mass is 283 g/mol. The summed E-state index contributed by atoms with van der Waals surface area (Å²) in [7, 11) is -1.48. The Hall–Kier alpha value is -1.23. The SMILES string of the molecule is O=C(CS(=O)c1cccc(F)c1)NC1CCCCC1. The highest BCUT2D eigenvalue weighted by Crippen LogP contribution is 2.17. The average molecular weight is 283 g/mol. The molecular weight excluding hydrogens is 265 g/mol. The van der Waals surface area contributed by atoms with Gasteiger partial charge in [0.15, 0.2) is 0 Å². The molecule has 1 aliphatic rings. The number of benzene rings is 1. The zero-order valence-electron chi connectivity index (χ0n) is 10.7. The van der Waals surface area contributed by atoms with Crippen LogP contribution in [0, 0.1) is 5.82 Å². The fourth-order valence-electron chi connectivity index (χ4n) is 2.33. The summed E-state index contributed by atoms with van der Waals surface area (Å²) in [6.07, 6.45) is 5.49. The molecule has 104 valence electrons. The lowest BCUT2D eigenvalue weighted by Gasteiger charge is -2.22. The number of carbonyl (C=O) groups excluding carboxylic acids is 1. The van der Waals surface area contributed by atoms with Gasteiger partial charge in [-0.3, -0.25) is 9.00 Å². The molecule has 0 saturated heterocycles. The number of carbonyl (C=O) groups is 1. The highest BCUT2D eigenvalue weighted by atomic mass is 32.2. The Labute approximate surface area is 115 Å². The van der Waals surface area contributed by atoms with E-state index in [4.69, 9.17) is 0 Å². The van der Waals surface area contributed by atoms with Crippen LogP contribution in [0.25, 0.3) is 0 Å². The molecule has 1 unspecified atom stereocenters. The van der Waals surface area contributed by atoms with Gasteiger partial charge in [0.2, 0.25) is 5.91 Å². The molecule has 0 aliphatic heterocycles. The third-order valence-corrected chi connectivity index (χ3v) is 4.60. The van der Waals surface area contributed by atoms with E-state index in [1.54, 1.807) is 6.07 Å². The summed E-state index contributed by atoms with van der Waals surface area (Å²) in [5.74, 6) is -0.743. The van der Waals surface area contributed by atoms with E-state index in [2.05, 4.69) is 5.32 Å². The molecule has 3 nitrogen and oxygen atoms in total. The molecule has 1 amide bonds. The lowest BCUT2D eigenvalue weighted by Crippen LogP contribution is -2.38. The number of rotatable bonds is 4. The van der Waals surface area contributed by atoms with Gasteiger partial charge in [0.05, 0.1) is 10.8 Å². The van der Waals surface area contributed by atoms with Gasteiger partial charge in [-0.2, -0.15) is 0 Å². The van der Waals surface area contributed by atoms with Crippen LogP contribution in [0.1, 0.15) is 32.1 Å². The first kappa shape index (κ1) is 14.2. The van der Waals surface area contributed by atoms with Gasteiger partial charge in [-0.15, -0.1) is 0 Å². The van der Waals surface area contributed by atoms with E-state index in [0.29, 0.717) is 4.90 Å². The lowest BCUT2D eigenvalue weighted by molar-refractivity contribution is -0.119. The van der Waals surface area contributed by atoms with Crippen LogP contribution in [0.5, 0.6) is 0 Å². The van der Waals surface area contributed by atoms with E-state index in [-0.39, 0.29) is 17.7 Å². The van der Waals surface area contributed by atoms with Crippen LogP contribution < -0.4 is 5.32 Å². The Morgan fingerprint density at radius 2 is 2.05 bits per heavy atom. The zero-order chi connectivity index (χ0) is 13.7. The van der Waals surface area contributed by atoms with Crippen molar-refractivity contribution < 1.29 is 13.4 Å². The molecule has 5 heteroatoms. The molecule has 1 aromatic carbocycles. The quantitative estimate of drug-likeness (QED) is 0.922. The molecule has 1 aromatic rings. The molecule has 1 atom stereocenters. The van der Waals surface area contributed by atoms with Gasteiger partial charge in [-0.25, -0.2) is 4.39 Å². The molecule has 1 aliphatic carbocycles. The van der Waals surface area contributed by atoms with Crippen LogP contribution in [0.4, 0.5) is 4.39 Å². The Morgan fingerprint density at radius 3 is 2.74 bits per heavy atom. The van der Waals surface area contributed by atoms with Crippen LogP contribution in [-0.4, -0.2) is 21.9 Å². The standard InChI is InChI=1S/C14H18FNO2S/c15-11-5-4-8-13(9-11)19(18)10-14(17)16-12-6-2-1-3-7-12/h4-5,8-9,12H,1-3,6-7,10H2,(H,16,17). The largest absolute Gasteiger partial charge is 0.353 e. The number of nitrogens with one attached hydrogen (secondary N) is 1. The third kappa shape index (κ3) is 4.42. The van der Waals surface area contributed by atoms with Gasteiger partial charge in [0, 0.05) is 10.9 Å². The topological polar surface area (TPSA) is 46.2 Å². The van der Waals surface area contributed by atoms with Crippen molar-refractivity contribution in [2.75, 3.05) is 5.75 Å². The minimum atomic E-state index is -1.48. The maximum atomic E-state index is 13.0. The molecule has 0 radical (unpaired) electrons. The van der Waals surface area contributed by atoms with Crippen molar-refractivity contribution in [1.29, 1.82) is 0 Å². The molecule has 0 heterocycles. The van der Waals surface area contributed by atoms with E-state index in [9.17, 15) is 13.4 Å². The Balaban J connectivity index is 1.86. The van der Waals surface area contributed by atoms with Crippen LogP contribution in [0.3, 0.4) is 0 Å². The number of hydrogen-bond donors (Lipinski definition) is 1. The molecule has 0 spiro atoms. The second kappa shape index (κ2) is 6.80. The Kier molecular flexibility index (Phi) is 5.07. The summed E-state index contributed by atoms with van der Waals surface area (Å²) in [5, 5.41) is 2.91. The number of halogens is 1. The van der Waals surface area contributed by atoms with Crippen molar-refractivity contribution in [2.24, 2.45) is 0 Å². The molecule has 1 fully saturated rings. The van der Waals surface area contributed by atoms with Gasteiger partial charge in [-0.1, -0.05) is 25.3 Å². The predicted octanol–water partition coefficient (Wildman–Crippen LogP) is 2.38. The second-order valence-corrected chi connectivity index (χ2v) is 6.30. The molecule has 0 aromatic heterocycles. The van der Waals surface area contributed by atoms with Gasteiger partial charge in [0.1, 0.15) is 11.6 Å². The smallest absolute Gasteiger partial charge is 0.233 e. The summed E-state index contributed by atoms with van der Waals surface area (Å²) in [5.41, 5.74) is 0. The van der Waals surface area contributed by atoms with Crippen molar-refractivity contribution in [1.82, 2.24) is 5.32 Å². The predicted molar refractivity (Wildman–Crippen MR) is 72.7 cm³/mol. The first-order valence-corrected chi connectivity index (χ1v) is 7.90. The van der Waals surface area contributed by atoms with E-state index < -0.39 is 16.6 Å². The van der Waals surface area contributed by atoms with E-state index in [0.717, 1.165) is 25.7 Å². The third-order valence-electron chi connectivity index (χ3n) is 3.29. The molecular formula is C14H18FNO2S. The molecule has 2 rings (SSSR count). The minimum Gasteiger partial charge on any atom is -0.353 e. The van der Waals surface area contributed by atoms with Crippen LogP contribution in [0.15, 0.2) is 29.2 Å². The lowest BCUT2D eigenvalue weighted by atomic mass is 9.95. The fraction of sp³-hybridized carbons (Fsp3) is 0.500. The van der Waals surface area contributed by atoms with Crippen molar-refractivity contribution >= 4 is 16.7 Å². The Morgan fingerprint density at radius 1 is 1.32 bits per heavy atom. The van der Waals surface area contributed by atoms with Gasteiger partial charge in [-0.05, 0) is 31.0 Å². The molecule has 0 bridgehead atoms. The first-order valence-electron chi connectivity index (χ1n) is 6.58. The summed E-state index contributed by atoms with van der Waals surface area (Å²) in [4.78, 5) is 12.1.